The van der Waals surface area contributed by atoms with Crippen molar-refractivity contribution < 1.29 is 18.7 Å². The number of aromatic nitrogens is 3. The van der Waals surface area contributed by atoms with Crippen LogP contribution in [0.1, 0.15) is 60.1 Å². The van der Waals surface area contributed by atoms with Crippen molar-refractivity contribution in [2.45, 2.75) is 44.2 Å². The average Bonchev–Trinajstić information content (AvgIpc) is 3.58. The minimum Gasteiger partial charge on any atom is -0.388 e. The lowest BCUT2D eigenvalue weighted by atomic mass is 9.91. The first-order chi connectivity index (χ1) is 17.0. The number of aliphatic hydroxyl groups is 1. The third kappa shape index (κ3) is 4.52. The second-order valence-electron chi connectivity index (χ2n) is 9.57. The standard InChI is InChI=1S/C26H23ClF2N4O3/c1-26(2,36)22(14-5-8-16(28)9-6-14)30-24(34)17-12-33-21(20(17)13-3-4-13)25(35)31-23(32-33)15-7-10-19(29)18(27)11-15/h5-13,22,36H,3-4H2,1-2H3,(H,30,34)(H,31,32,35). The Hall–Kier alpha value is -3.56. The lowest BCUT2D eigenvalue weighted by Gasteiger charge is -2.30. The smallest absolute Gasteiger partial charge is 0.275 e. The summed E-state index contributed by atoms with van der Waals surface area (Å²) < 4.78 is 28.4. The number of fused-ring (bicyclic) bond motifs is 1. The summed E-state index contributed by atoms with van der Waals surface area (Å²) in [5.74, 6) is -1.33. The topological polar surface area (TPSA) is 99.5 Å². The third-order valence-corrected chi connectivity index (χ3v) is 6.58. The first-order valence-corrected chi connectivity index (χ1v) is 11.8. The zero-order valence-electron chi connectivity index (χ0n) is 19.5. The molecule has 2 heterocycles. The van der Waals surface area contributed by atoms with Crippen LogP contribution in [0.3, 0.4) is 0 Å². The van der Waals surface area contributed by atoms with E-state index in [1.165, 1.54) is 53.2 Å². The first kappa shape index (κ1) is 24.1. The Bertz CT molecular complexity index is 1540. The monoisotopic (exact) mass is 512 g/mol. The van der Waals surface area contributed by atoms with Gasteiger partial charge in [0, 0.05) is 17.3 Å². The van der Waals surface area contributed by atoms with Gasteiger partial charge in [0.2, 0.25) is 0 Å². The normalized spacial score (nSPS) is 14.7. The quantitative estimate of drug-likeness (QED) is 0.347. The Balaban J connectivity index is 1.58. The highest BCUT2D eigenvalue weighted by molar-refractivity contribution is 6.31. The number of nitrogens with zero attached hydrogens (tertiary/aromatic N) is 2. The van der Waals surface area contributed by atoms with E-state index >= 15 is 0 Å². The number of aromatic amines is 1. The molecule has 1 fully saturated rings. The molecule has 0 radical (unpaired) electrons. The van der Waals surface area contributed by atoms with Gasteiger partial charge in [-0.3, -0.25) is 9.59 Å². The summed E-state index contributed by atoms with van der Waals surface area (Å²) in [6.07, 6.45) is 3.12. The van der Waals surface area contributed by atoms with Crippen LogP contribution in [0, 0.1) is 11.6 Å². The molecule has 3 N–H and O–H groups in total. The van der Waals surface area contributed by atoms with Crippen LogP contribution < -0.4 is 10.9 Å². The van der Waals surface area contributed by atoms with Gasteiger partial charge in [0.1, 0.15) is 17.2 Å². The molecule has 10 heteroatoms. The van der Waals surface area contributed by atoms with E-state index in [4.69, 9.17) is 11.6 Å². The van der Waals surface area contributed by atoms with Crippen LogP contribution in [0.5, 0.6) is 0 Å². The number of H-pyrrole nitrogens is 1. The van der Waals surface area contributed by atoms with E-state index in [-0.39, 0.29) is 27.8 Å². The minimum atomic E-state index is -1.36. The molecule has 0 saturated heterocycles. The van der Waals surface area contributed by atoms with E-state index in [0.29, 0.717) is 16.7 Å². The minimum absolute atomic E-state index is 0.0242. The number of benzene rings is 2. The van der Waals surface area contributed by atoms with Crippen molar-refractivity contribution in [3.63, 3.8) is 0 Å². The van der Waals surface area contributed by atoms with Crippen molar-refractivity contribution >= 4 is 23.0 Å². The molecule has 5 rings (SSSR count). The number of amides is 1. The van der Waals surface area contributed by atoms with Crippen LogP contribution in [0.15, 0.2) is 53.5 Å². The molecule has 1 saturated carbocycles. The van der Waals surface area contributed by atoms with Gasteiger partial charge in [0.05, 0.1) is 22.2 Å². The maximum atomic E-state index is 13.6. The average molecular weight is 513 g/mol. The molecule has 0 spiro atoms. The summed E-state index contributed by atoms with van der Waals surface area (Å²) >= 11 is 5.89. The van der Waals surface area contributed by atoms with Crippen LogP contribution in [0.2, 0.25) is 5.02 Å². The largest absolute Gasteiger partial charge is 0.388 e. The Morgan fingerprint density at radius 1 is 1.22 bits per heavy atom. The highest BCUT2D eigenvalue weighted by Crippen LogP contribution is 2.44. The van der Waals surface area contributed by atoms with Crippen molar-refractivity contribution in [1.29, 1.82) is 0 Å². The Kier molecular flexibility index (Phi) is 5.92. The van der Waals surface area contributed by atoms with Gasteiger partial charge >= 0.3 is 0 Å². The van der Waals surface area contributed by atoms with Gasteiger partial charge in [0.25, 0.3) is 11.5 Å². The van der Waals surface area contributed by atoms with E-state index in [1.54, 1.807) is 13.8 Å². The van der Waals surface area contributed by atoms with E-state index in [9.17, 15) is 23.5 Å². The van der Waals surface area contributed by atoms with Gasteiger partial charge < -0.3 is 15.4 Å². The summed E-state index contributed by atoms with van der Waals surface area (Å²) in [5, 5.41) is 17.9. The summed E-state index contributed by atoms with van der Waals surface area (Å²) in [5.41, 5.74) is 0.226. The van der Waals surface area contributed by atoms with E-state index in [2.05, 4.69) is 15.4 Å². The highest BCUT2D eigenvalue weighted by Gasteiger charge is 2.36. The summed E-state index contributed by atoms with van der Waals surface area (Å²) in [6.45, 7) is 3.09. The fraction of sp³-hybridized carbons (Fsp3) is 0.269. The van der Waals surface area contributed by atoms with E-state index in [1.807, 2.05) is 0 Å². The number of carbonyl (C=O) groups excluding carboxylic acids is 1. The van der Waals surface area contributed by atoms with Gasteiger partial charge in [-0.15, -0.1) is 5.10 Å². The molecule has 1 aliphatic rings. The Labute approximate surface area is 209 Å². The second kappa shape index (κ2) is 8.83. The molecular formula is C26H23ClF2N4O3. The van der Waals surface area contributed by atoms with Crippen LogP contribution in [0.4, 0.5) is 8.78 Å². The number of halogens is 3. The van der Waals surface area contributed by atoms with E-state index in [0.717, 1.165) is 12.8 Å². The predicted molar refractivity (Wildman–Crippen MR) is 131 cm³/mol. The first-order valence-electron chi connectivity index (χ1n) is 11.4. The molecule has 186 valence electrons. The molecule has 1 atom stereocenters. The van der Waals surface area contributed by atoms with Gasteiger partial charge in [-0.2, -0.15) is 0 Å². The van der Waals surface area contributed by atoms with Crippen LogP contribution in [-0.4, -0.2) is 31.2 Å². The molecule has 0 bridgehead atoms. The lowest BCUT2D eigenvalue weighted by molar-refractivity contribution is 0.0343. The maximum Gasteiger partial charge on any atom is 0.275 e. The number of hydrogen-bond donors (Lipinski definition) is 3. The van der Waals surface area contributed by atoms with Crippen molar-refractivity contribution in [3.8, 4) is 11.4 Å². The van der Waals surface area contributed by atoms with Crippen molar-refractivity contribution in [1.82, 2.24) is 19.9 Å². The molecule has 2 aromatic carbocycles. The molecule has 4 aromatic rings. The number of rotatable bonds is 6. The Morgan fingerprint density at radius 2 is 1.92 bits per heavy atom. The van der Waals surface area contributed by atoms with Gasteiger partial charge in [-0.05, 0) is 68.5 Å². The van der Waals surface area contributed by atoms with Gasteiger partial charge in [-0.1, -0.05) is 23.7 Å². The second-order valence-corrected chi connectivity index (χ2v) is 9.97. The van der Waals surface area contributed by atoms with E-state index < -0.39 is 34.7 Å². The fourth-order valence-electron chi connectivity index (χ4n) is 4.38. The summed E-state index contributed by atoms with van der Waals surface area (Å²) in [7, 11) is 0. The molecule has 1 unspecified atom stereocenters. The highest BCUT2D eigenvalue weighted by atomic mass is 35.5. The summed E-state index contributed by atoms with van der Waals surface area (Å²) in [4.78, 5) is 29.3. The maximum absolute atomic E-state index is 13.6. The third-order valence-electron chi connectivity index (χ3n) is 6.29. The Morgan fingerprint density at radius 3 is 2.53 bits per heavy atom. The zero-order valence-corrected chi connectivity index (χ0v) is 20.2. The summed E-state index contributed by atoms with van der Waals surface area (Å²) in [6, 6.07) is 8.66. The fourth-order valence-corrected chi connectivity index (χ4v) is 4.56. The predicted octanol–water partition coefficient (Wildman–Crippen LogP) is 4.74. The van der Waals surface area contributed by atoms with Crippen molar-refractivity contribution in [2.24, 2.45) is 0 Å². The molecule has 36 heavy (non-hydrogen) atoms. The van der Waals surface area contributed by atoms with Gasteiger partial charge in [0.15, 0.2) is 5.82 Å². The molecule has 7 nitrogen and oxygen atoms in total. The van der Waals surface area contributed by atoms with Crippen molar-refractivity contribution in [2.75, 3.05) is 0 Å². The molecule has 2 aromatic heterocycles. The zero-order chi connectivity index (χ0) is 25.8. The number of carbonyl (C=O) groups is 1. The molecule has 1 amide bonds. The number of nitrogens with one attached hydrogen (secondary N) is 2. The number of hydrogen-bond acceptors (Lipinski definition) is 4. The van der Waals surface area contributed by atoms with Crippen LogP contribution in [0.25, 0.3) is 16.9 Å². The van der Waals surface area contributed by atoms with Crippen LogP contribution >= 0.6 is 11.6 Å². The van der Waals surface area contributed by atoms with Gasteiger partial charge in [-0.25, -0.2) is 13.3 Å². The van der Waals surface area contributed by atoms with Crippen LogP contribution in [-0.2, 0) is 0 Å². The molecule has 0 aliphatic heterocycles. The van der Waals surface area contributed by atoms with Crippen molar-refractivity contribution in [3.05, 3.63) is 92.4 Å². The lowest BCUT2D eigenvalue weighted by Crippen LogP contribution is -2.42. The molecular weight excluding hydrogens is 490 g/mol. The molecule has 1 aliphatic carbocycles. The SMILES string of the molecule is CC(C)(O)C(NC(=O)c1cn2nc(-c3ccc(F)c(Cl)c3)[nH]c(=O)c2c1C1CC1)c1ccc(F)cc1.